The zero-order chi connectivity index (χ0) is 11.8. The molecule has 0 saturated heterocycles. The highest BCUT2D eigenvalue weighted by molar-refractivity contribution is 5.91. The largest absolute Gasteiger partial charge is 0.478 e. The highest BCUT2D eigenvalue weighted by atomic mass is 19.1. The standard InChI is InChI=1S/C8H6O4.C2H3F/c9-7(10)5-1-2-6(4-3-5)8(11)12;1-2-3/h1-4H,(H,9,10)(H,11,12);2H,1H2. The Bertz CT molecular complexity index is 323. The average molecular weight is 212 g/mol. The minimum Gasteiger partial charge on any atom is -0.478 e. The molecular formula is C10H9FO4. The molecular weight excluding hydrogens is 203 g/mol. The second-order valence-corrected chi connectivity index (χ2v) is 2.34. The van der Waals surface area contributed by atoms with E-state index in [-0.39, 0.29) is 17.5 Å². The van der Waals surface area contributed by atoms with E-state index in [0.29, 0.717) is 0 Å². The van der Waals surface area contributed by atoms with Gasteiger partial charge in [0, 0.05) is 0 Å². The Morgan fingerprint density at radius 1 is 1.07 bits per heavy atom. The Labute approximate surface area is 85.3 Å². The van der Waals surface area contributed by atoms with E-state index >= 15 is 0 Å². The molecule has 0 atom stereocenters. The second kappa shape index (κ2) is 6.31. The van der Waals surface area contributed by atoms with E-state index in [1.165, 1.54) is 24.3 Å². The maximum absolute atomic E-state index is 10.3. The van der Waals surface area contributed by atoms with Crippen LogP contribution in [0, 0.1) is 0 Å². The van der Waals surface area contributed by atoms with Gasteiger partial charge in [-0.25, -0.2) is 14.0 Å². The average Bonchev–Trinajstić information content (AvgIpc) is 2.19. The van der Waals surface area contributed by atoms with Crippen molar-refractivity contribution in [2.45, 2.75) is 0 Å². The fourth-order valence-electron chi connectivity index (χ4n) is 0.755. The first-order valence-corrected chi connectivity index (χ1v) is 3.80. The summed E-state index contributed by atoms with van der Waals surface area (Å²) in [7, 11) is 0. The van der Waals surface area contributed by atoms with Gasteiger partial charge in [-0.1, -0.05) is 6.58 Å². The maximum atomic E-state index is 10.3. The van der Waals surface area contributed by atoms with Crippen LogP contribution in [0.3, 0.4) is 0 Å². The van der Waals surface area contributed by atoms with Crippen LogP contribution in [0.25, 0.3) is 0 Å². The predicted molar refractivity (Wildman–Crippen MR) is 51.7 cm³/mol. The highest BCUT2D eigenvalue weighted by Crippen LogP contribution is 2.03. The number of carboxylic acids is 2. The predicted octanol–water partition coefficient (Wildman–Crippen LogP) is 2.18. The Hall–Kier alpha value is -2.17. The molecule has 0 fully saturated rings. The highest BCUT2D eigenvalue weighted by Gasteiger charge is 2.04. The topological polar surface area (TPSA) is 74.6 Å². The molecule has 0 spiro atoms. The molecule has 0 unspecified atom stereocenters. The first kappa shape index (κ1) is 12.8. The van der Waals surface area contributed by atoms with Crippen molar-refractivity contribution in [2.75, 3.05) is 0 Å². The van der Waals surface area contributed by atoms with Crippen molar-refractivity contribution in [2.24, 2.45) is 0 Å². The van der Waals surface area contributed by atoms with Crippen molar-refractivity contribution in [1.29, 1.82) is 0 Å². The molecule has 1 aromatic carbocycles. The molecule has 0 aliphatic rings. The lowest BCUT2D eigenvalue weighted by molar-refractivity contribution is 0.0681. The van der Waals surface area contributed by atoms with Crippen LogP contribution in [0.4, 0.5) is 4.39 Å². The van der Waals surface area contributed by atoms with Gasteiger partial charge in [0.05, 0.1) is 17.5 Å². The number of rotatable bonds is 2. The SMILES string of the molecule is C=CF.O=C(O)c1ccc(C(=O)O)cc1. The molecule has 0 saturated carbocycles. The van der Waals surface area contributed by atoms with Crippen LogP contribution in [0.2, 0.25) is 0 Å². The number of benzene rings is 1. The Morgan fingerprint density at radius 2 is 1.27 bits per heavy atom. The summed E-state index contributed by atoms with van der Waals surface area (Å²) in [6, 6.07) is 5.02. The normalized spacial score (nSPS) is 8.33. The molecule has 1 rings (SSSR count). The summed E-state index contributed by atoms with van der Waals surface area (Å²) < 4.78 is 10.1. The van der Waals surface area contributed by atoms with Crippen LogP contribution in [-0.4, -0.2) is 22.2 Å². The van der Waals surface area contributed by atoms with E-state index in [1.54, 1.807) is 0 Å². The number of carbonyl (C=O) groups is 2. The maximum Gasteiger partial charge on any atom is 0.335 e. The lowest BCUT2D eigenvalue weighted by Gasteiger charge is -1.94. The van der Waals surface area contributed by atoms with Crippen molar-refractivity contribution in [1.82, 2.24) is 0 Å². The van der Waals surface area contributed by atoms with Gasteiger partial charge < -0.3 is 10.2 Å². The minimum absolute atomic E-state index is 0.0833. The smallest absolute Gasteiger partial charge is 0.335 e. The molecule has 80 valence electrons. The van der Waals surface area contributed by atoms with E-state index < -0.39 is 11.9 Å². The van der Waals surface area contributed by atoms with Gasteiger partial charge in [0.15, 0.2) is 0 Å². The van der Waals surface area contributed by atoms with Gasteiger partial charge in [0.1, 0.15) is 0 Å². The van der Waals surface area contributed by atoms with Crippen LogP contribution in [0.5, 0.6) is 0 Å². The van der Waals surface area contributed by atoms with Crippen molar-refractivity contribution in [3.8, 4) is 0 Å². The third-order valence-corrected chi connectivity index (χ3v) is 1.38. The number of hydrogen-bond acceptors (Lipinski definition) is 2. The molecule has 0 aliphatic heterocycles. The number of hydrogen-bond donors (Lipinski definition) is 2. The summed E-state index contributed by atoms with van der Waals surface area (Å²) in [6.07, 6.45) is 0.250. The van der Waals surface area contributed by atoms with E-state index in [2.05, 4.69) is 6.58 Å². The Morgan fingerprint density at radius 3 is 1.40 bits per heavy atom. The number of aromatic carboxylic acids is 2. The van der Waals surface area contributed by atoms with E-state index in [9.17, 15) is 14.0 Å². The zero-order valence-electron chi connectivity index (χ0n) is 7.68. The quantitative estimate of drug-likeness (QED) is 0.787. The zero-order valence-corrected chi connectivity index (χ0v) is 7.68. The molecule has 0 amide bonds. The summed E-state index contributed by atoms with van der Waals surface area (Å²) in [4.78, 5) is 20.7. The van der Waals surface area contributed by atoms with Crippen LogP contribution >= 0.6 is 0 Å². The molecule has 2 N–H and O–H groups in total. The lowest BCUT2D eigenvalue weighted by atomic mass is 10.1. The molecule has 15 heavy (non-hydrogen) atoms. The van der Waals surface area contributed by atoms with Gasteiger partial charge in [-0.2, -0.15) is 0 Å². The fourth-order valence-corrected chi connectivity index (χ4v) is 0.755. The van der Waals surface area contributed by atoms with Gasteiger partial charge in [-0.05, 0) is 24.3 Å². The van der Waals surface area contributed by atoms with Crippen molar-refractivity contribution < 1.29 is 24.2 Å². The van der Waals surface area contributed by atoms with Gasteiger partial charge in [0.2, 0.25) is 0 Å². The summed E-state index contributed by atoms with van der Waals surface area (Å²) in [5.74, 6) is -2.13. The summed E-state index contributed by atoms with van der Waals surface area (Å²) in [6.45, 7) is 2.69. The molecule has 0 aliphatic carbocycles. The fraction of sp³-hybridized carbons (Fsp3) is 0. The molecule has 0 bridgehead atoms. The van der Waals surface area contributed by atoms with Crippen LogP contribution < -0.4 is 0 Å². The monoisotopic (exact) mass is 212 g/mol. The molecule has 4 nitrogen and oxygen atoms in total. The third kappa shape index (κ3) is 4.56. The molecule has 5 heteroatoms. The van der Waals surface area contributed by atoms with Gasteiger partial charge in [0.25, 0.3) is 0 Å². The second-order valence-electron chi connectivity index (χ2n) is 2.34. The van der Waals surface area contributed by atoms with Crippen molar-refractivity contribution in [3.63, 3.8) is 0 Å². The molecule has 0 heterocycles. The van der Waals surface area contributed by atoms with E-state index in [0.717, 1.165) is 0 Å². The number of halogens is 1. The Kier molecular flexibility index (Phi) is 5.40. The number of carboxylic acid groups (broad SMARTS) is 2. The summed E-state index contributed by atoms with van der Waals surface area (Å²) in [5.41, 5.74) is 0.167. The Balaban J connectivity index is 0.000000583. The molecule has 0 aromatic heterocycles. The first-order chi connectivity index (χ1) is 7.02. The van der Waals surface area contributed by atoms with Crippen LogP contribution in [0.1, 0.15) is 20.7 Å². The summed E-state index contributed by atoms with van der Waals surface area (Å²) >= 11 is 0. The van der Waals surface area contributed by atoms with Gasteiger partial charge in [-0.15, -0.1) is 0 Å². The van der Waals surface area contributed by atoms with E-state index in [1.807, 2.05) is 0 Å². The summed E-state index contributed by atoms with van der Waals surface area (Å²) in [5, 5.41) is 16.9. The third-order valence-electron chi connectivity index (χ3n) is 1.38. The lowest BCUT2D eigenvalue weighted by Crippen LogP contribution is -1.99. The van der Waals surface area contributed by atoms with Crippen LogP contribution in [0.15, 0.2) is 37.2 Å². The van der Waals surface area contributed by atoms with Crippen molar-refractivity contribution in [3.05, 3.63) is 48.3 Å². The van der Waals surface area contributed by atoms with Gasteiger partial charge >= 0.3 is 11.9 Å². The molecule has 0 radical (unpaired) electrons. The minimum atomic E-state index is -1.06. The van der Waals surface area contributed by atoms with E-state index in [4.69, 9.17) is 10.2 Å². The molecule has 1 aromatic rings. The first-order valence-electron chi connectivity index (χ1n) is 3.80. The van der Waals surface area contributed by atoms with Crippen LogP contribution in [-0.2, 0) is 0 Å². The van der Waals surface area contributed by atoms with Crippen molar-refractivity contribution >= 4 is 11.9 Å². The van der Waals surface area contributed by atoms with Gasteiger partial charge in [-0.3, -0.25) is 0 Å².